The van der Waals surface area contributed by atoms with Gasteiger partial charge in [-0.05, 0) is 23.8 Å². The molecule has 2 aromatic carbocycles. The molecule has 2 N–H and O–H groups in total. The highest BCUT2D eigenvalue weighted by Gasteiger charge is 2.10. The average molecular weight is 317 g/mol. The Kier molecular flexibility index (Phi) is 4.17. The summed E-state index contributed by atoms with van der Waals surface area (Å²) in [6, 6.07) is 14.6. The first-order valence-corrected chi connectivity index (χ1v) is 8.08. The second kappa shape index (κ2) is 6.24. The number of hydrogen-bond acceptors (Lipinski definition) is 5. The highest BCUT2D eigenvalue weighted by Crippen LogP contribution is 2.35. The lowest BCUT2D eigenvalue weighted by Crippen LogP contribution is -1.85. The summed E-state index contributed by atoms with van der Waals surface area (Å²) in [7, 11) is 0. The number of nitrogen functional groups attached to an aromatic ring is 1. The van der Waals surface area contributed by atoms with E-state index in [1.807, 2.05) is 24.3 Å². The molecule has 0 unspecified atom stereocenters. The summed E-state index contributed by atoms with van der Waals surface area (Å²) in [5.41, 5.74) is 7.75. The largest absolute Gasteiger partial charge is 0.374 e. The van der Waals surface area contributed by atoms with Crippen molar-refractivity contribution in [3.05, 3.63) is 59.9 Å². The van der Waals surface area contributed by atoms with Crippen molar-refractivity contribution in [1.82, 2.24) is 10.2 Å². The third-order valence-corrected chi connectivity index (χ3v) is 4.80. The number of benzene rings is 2. The molecule has 0 bridgehead atoms. The summed E-state index contributed by atoms with van der Waals surface area (Å²) in [5, 5.41) is 9.23. The van der Waals surface area contributed by atoms with Gasteiger partial charge in [0.1, 0.15) is 5.82 Å². The van der Waals surface area contributed by atoms with E-state index in [-0.39, 0.29) is 5.82 Å². The Balaban J connectivity index is 1.81. The van der Waals surface area contributed by atoms with Crippen LogP contribution in [0.3, 0.4) is 0 Å². The standard InChI is InChI=1S/C15H12FN3S2/c16-11-7-5-10(6-8-11)9-20-13-4-2-1-3-12(13)14-18-19-15(17)21-14/h1-8H,9H2,(H2,17,19). The lowest BCUT2D eigenvalue weighted by molar-refractivity contribution is 0.627. The summed E-state index contributed by atoms with van der Waals surface area (Å²) >= 11 is 3.06. The number of hydrogen-bond donors (Lipinski definition) is 1. The molecular formula is C15H12FN3S2. The van der Waals surface area contributed by atoms with Gasteiger partial charge >= 0.3 is 0 Å². The van der Waals surface area contributed by atoms with Crippen LogP contribution < -0.4 is 5.73 Å². The highest BCUT2D eigenvalue weighted by molar-refractivity contribution is 7.98. The molecule has 0 radical (unpaired) electrons. The van der Waals surface area contributed by atoms with Gasteiger partial charge in [0.25, 0.3) is 0 Å². The van der Waals surface area contributed by atoms with Gasteiger partial charge in [0.15, 0.2) is 5.01 Å². The van der Waals surface area contributed by atoms with Crippen molar-refractivity contribution < 1.29 is 4.39 Å². The van der Waals surface area contributed by atoms with Crippen LogP contribution in [-0.4, -0.2) is 10.2 Å². The molecule has 0 saturated heterocycles. The lowest BCUT2D eigenvalue weighted by atomic mass is 10.2. The zero-order valence-corrected chi connectivity index (χ0v) is 12.6. The maximum atomic E-state index is 12.9. The van der Waals surface area contributed by atoms with E-state index in [1.165, 1.54) is 23.5 Å². The van der Waals surface area contributed by atoms with E-state index in [1.54, 1.807) is 23.9 Å². The average Bonchev–Trinajstić information content (AvgIpc) is 2.93. The molecule has 3 aromatic rings. The quantitative estimate of drug-likeness (QED) is 0.732. The Morgan fingerprint density at radius 3 is 2.52 bits per heavy atom. The minimum atomic E-state index is -0.214. The smallest absolute Gasteiger partial charge is 0.203 e. The number of anilines is 1. The number of aromatic nitrogens is 2. The monoisotopic (exact) mass is 317 g/mol. The van der Waals surface area contributed by atoms with Gasteiger partial charge in [0.05, 0.1) is 0 Å². The maximum absolute atomic E-state index is 12.9. The van der Waals surface area contributed by atoms with Crippen LogP contribution in [0.2, 0.25) is 0 Å². The zero-order valence-electron chi connectivity index (χ0n) is 11.0. The van der Waals surface area contributed by atoms with E-state index < -0.39 is 0 Å². The SMILES string of the molecule is Nc1nnc(-c2ccccc2SCc2ccc(F)cc2)s1. The molecule has 0 aliphatic rings. The molecule has 0 atom stereocenters. The van der Waals surface area contributed by atoms with Gasteiger partial charge in [0, 0.05) is 16.2 Å². The molecule has 3 rings (SSSR count). The van der Waals surface area contributed by atoms with E-state index >= 15 is 0 Å². The highest BCUT2D eigenvalue weighted by atomic mass is 32.2. The van der Waals surface area contributed by atoms with Crippen LogP contribution in [0.25, 0.3) is 10.6 Å². The Morgan fingerprint density at radius 1 is 1.05 bits per heavy atom. The van der Waals surface area contributed by atoms with E-state index in [9.17, 15) is 4.39 Å². The predicted molar refractivity (Wildman–Crippen MR) is 85.7 cm³/mol. The van der Waals surface area contributed by atoms with Gasteiger partial charge in [-0.25, -0.2) is 4.39 Å². The van der Waals surface area contributed by atoms with Crippen LogP contribution in [0.5, 0.6) is 0 Å². The van der Waals surface area contributed by atoms with Gasteiger partial charge in [-0.3, -0.25) is 0 Å². The van der Waals surface area contributed by atoms with Crippen molar-refractivity contribution in [2.75, 3.05) is 5.73 Å². The summed E-state index contributed by atoms with van der Waals surface area (Å²) in [6.45, 7) is 0. The third-order valence-electron chi connectivity index (χ3n) is 2.87. The molecule has 1 heterocycles. The fourth-order valence-corrected chi connectivity index (χ4v) is 3.58. The second-order valence-electron chi connectivity index (χ2n) is 4.36. The van der Waals surface area contributed by atoms with Gasteiger partial charge < -0.3 is 5.73 Å². The van der Waals surface area contributed by atoms with Crippen LogP contribution in [0, 0.1) is 5.82 Å². The fourth-order valence-electron chi connectivity index (χ4n) is 1.85. The number of nitrogens with zero attached hydrogens (tertiary/aromatic N) is 2. The van der Waals surface area contributed by atoms with Crippen LogP contribution in [-0.2, 0) is 5.75 Å². The normalized spacial score (nSPS) is 10.7. The maximum Gasteiger partial charge on any atom is 0.203 e. The summed E-state index contributed by atoms with van der Waals surface area (Å²) in [6.07, 6.45) is 0. The second-order valence-corrected chi connectivity index (χ2v) is 6.38. The van der Waals surface area contributed by atoms with Crippen molar-refractivity contribution in [3.8, 4) is 10.6 Å². The zero-order chi connectivity index (χ0) is 14.7. The molecule has 1 aromatic heterocycles. The van der Waals surface area contributed by atoms with Crippen LogP contribution in [0.4, 0.5) is 9.52 Å². The number of rotatable bonds is 4. The van der Waals surface area contributed by atoms with E-state index in [4.69, 9.17) is 5.73 Å². The summed E-state index contributed by atoms with van der Waals surface area (Å²) in [4.78, 5) is 1.11. The van der Waals surface area contributed by atoms with E-state index in [0.29, 0.717) is 5.13 Å². The Morgan fingerprint density at radius 2 is 1.81 bits per heavy atom. The molecule has 21 heavy (non-hydrogen) atoms. The fraction of sp³-hybridized carbons (Fsp3) is 0.0667. The molecule has 0 aliphatic heterocycles. The Bertz CT molecular complexity index is 741. The predicted octanol–water partition coefficient (Wildman–Crippen LogP) is 4.22. The van der Waals surface area contributed by atoms with Crippen LogP contribution in [0.15, 0.2) is 53.4 Å². The van der Waals surface area contributed by atoms with Crippen molar-refractivity contribution in [2.45, 2.75) is 10.6 Å². The lowest BCUT2D eigenvalue weighted by Gasteiger charge is -2.06. The minimum absolute atomic E-state index is 0.214. The van der Waals surface area contributed by atoms with Gasteiger partial charge in [-0.15, -0.1) is 22.0 Å². The van der Waals surface area contributed by atoms with Gasteiger partial charge in [0.2, 0.25) is 5.13 Å². The molecule has 106 valence electrons. The summed E-state index contributed by atoms with van der Waals surface area (Å²) < 4.78 is 12.9. The van der Waals surface area contributed by atoms with E-state index in [2.05, 4.69) is 10.2 Å². The molecule has 0 spiro atoms. The molecule has 3 nitrogen and oxygen atoms in total. The molecule has 0 saturated carbocycles. The molecule has 0 aliphatic carbocycles. The van der Waals surface area contributed by atoms with Crippen molar-refractivity contribution in [1.29, 1.82) is 0 Å². The van der Waals surface area contributed by atoms with Crippen LogP contribution >= 0.6 is 23.1 Å². The number of nitrogens with two attached hydrogens (primary N) is 1. The molecule has 0 fully saturated rings. The Labute approximate surface area is 130 Å². The third kappa shape index (κ3) is 3.40. The summed E-state index contributed by atoms with van der Waals surface area (Å²) in [5.74, 6) is 0.555. The van der Waals surface area contributed by atoms with Crippen LogP contribution in [0.1, 0.15) is 5.56 Å². The van der Waals surface area contributed by atoms with Crippen molar-refractivity contribution in [3.63, 3.8) is 0 Å². The first-order valence-electron chi connectivity index (χ1n) is 6.28. The Hall–Kier alpha value is -1.92. The molecule has 6 heteroatoms. The molecular weight excluding hydrogens is 305 g/mol. The minimum Gasteiger partial charge on any atom is -0.374 e. The first kappa shape index (κ1) is 14.0. The van der Waals surface area contributed by atoms with Crippen molar-refractivity contribution >= 4 is 28.2 Å². The number of thioether (sulfide) groups is 1. The number of halogens is 1. The topological polar surface area (TPSA) is 51.8 Å². The van der Waals surface area contributed by atoms with Crippen molar-refractivity contribution in [2.24, 2.45) is 0 Å². The van der Waals surface area contributed by atoms with Gasteiger partial charge in [-0.2, -0.15) is 0 Å². The van der Waals surface area contributed by atoms with Gasteiger partial charge in [-0.1, -0.05) is 41.7 Å². The molecule has 0 amide bonds. The van der Waals surface area contributed by atoms with E-state index in [0.717, 1.165) is 26.8 Å². The first-order chi connectivity index (χ1) is 10.2.